The van der Waals surface area contributed by atoms with Crippen molar-refractivity contribution in [3.63, 3.8) is 0 Å². The molecular weight excluding hydrogens is 1430 g/mol. The van der Waals surface area contributed by atoms with Gasteiger partial charge in [-0.15, -0.1) is 0 Å². The number of nitrogens with zero attached hydrogens (tertiary/aromatic N) is 8. The van der Waals surface area contributed by atoms with Gasteiger partial charge in [-0.2, -0.15) is 5.10 Å². The number of para-hydroxylation sites is 1. The molecule has 7 atom stereocenters. The Bertz CT molecular complexity index is 4520. The number of nitrogens with two attached hydrogens (primary N) is 1. The fourth-order valence-electron chi connectivity index (χ4n) is 19.6. The maximum absolute atomic E-state index is 13.9. The number of amides is 9. The van der Waals surface area contributed by atoms with Gasteiger partial charge >= 0.3 is 24.1 Å². The average molecular weight is 1530 g/mol. The molecule has 584 valence electrons. The summed E-state index contributed by atoms with van der Waals surface area (Å²) in [7, 11) is 0. The van der Waals surface area contributed by atoms with Gasteiger partial charge < -0.3 is 56.5 Å². The van der Waals surface area contributed by atoms with Gasteiger partial charge in [0.05, 0.1) is 28.6 Å². The first-order chi connectivity index (χ1) is 52.6. The highest BCUT2D eigenvalue weighted by Crippen LogP contribution is 2.90. The molecule has 6 heterocycles. The van der Waals surface area contributed by atoms with E-state index in [9.17, 15) is 58.2 Å². The predicted octanol–water partition coefficient (Wildman–Crippen LogP) is 9.98. The number of anilines is 3. The maximum Gasteiger partial charge on any atom is 0.410 e. The van der Waals surface area contributed by atoms with Crippen LogP contribution in [-0.2, 0) is 64.4 Å². The number of hydrogen-bond acceptors (Lipinski definition) is 18. The molecule has 0 radical (unpaired) electrons. The Labute approximate surface area is 643 Å². The zero-order chi connectivity index (χ0) is 77.9. The lowest BCUT2D eigenvalue weighted by atomic mass is 9.40. The van der Waals surface area contributed by atoms with Crippen molar-refractivity contribution in [2.24, 2.45) is 33.3 Å². The molecule has 4 aliphatic carbocycles. The second-order valence-electron chi connectivity index (χ2n) is 32.3. The van der Waals surface area contributed by atoms with E-state index in [0.717, 1.165) is 70.5 Å². The van der Waals surface area contributed by atoms with Gasteiger partial charge in [-0.3, -0.25) is 53.4 Å². The molecule has 6 aromatic rings. The number of thiazole rings is 1. The normalized spacial score (nSPS) is 22.9. The Morgan fingerprint density at radius 1 is 0.764 bits per heavy atom. The van der Waals surface area contributed by atoms with Crippen LogP contribution in [0.4, 0.5) is 26.2 Å². The van der Waals surface area contributed by atoms with Crippen LogP contribution in [-0.4, -0.2) is 180 Å². The van der Waals surface area contributed by atoms with Crippen LogP contribution in [0.3, 0.4) is 0 Å². The van der Waals surface area contributed by atoms with Gasteiger partial charge in [0, 0.05) is 111 Å². The third-order valence-corrected chi connectivity index (χ3v) is 25.3. The predicted molar refractivity (Wildman–Crippen MR) is 412 cm³/mol. The summed E-state index contributed by atoms with van der Waals surface area (Å²) in [4.78, 5) is 145. The van der Waals surface area contributed by atoms with E-state index in [0.29, 0.717) is 136 Å². The van der Waals surface area contributed by atoms with Crippen LogP contribution < -0.4 is 37.2 Å². The number of carbonyl (C=O) groups is 10. The lowest BCUT2D eigenvalue weighted by molar-refractivity contribution is -0.158. The summed E-state index contributed by atoms with van der Waals surface area (Å²) in [6, 6.07) is 21.2. The first-order valence-electron chi connectivity index (χ1n) is 38.5. The third-order valence-electron chi connectivity index (χ3n) is 24.4. The number of piperidine rings is 1. The summed E-state index contributed by atoms with van der Waals surface area (Å²) in [5.74, 6) is -4.32. The lowest BCUT2D eigenvalue weighted by Gasteiger charge is -2.64. The quantitative estimate of drug-likeness (QED) is 0.0137. The molecule has 3 bridgehead atoms. The van der Waals surface area contributed by atoms with Crippen molar-refractivity contribution < 1.29 is 67.6 Å². The summed E-state index contributed by atoms with van der Waals surface area (Å²) >= 11 is 1.42. The van der Waals surface area contributed by atoms with E-state index in [2.05, 4.69) is 55.0 Å². The van der Waals surface area contributed by atoms with Crippen molar-refractivity contribution in [2.75, 3.05) is 68.0 Å². The van der Waals surface area contributed by atoms with Crippen molar-refractivity contribution >= 4 is 97.7 Å². The Morgan fingerprint density at radius 2 is 1.53 bits per heavy atom. The lowest BCUT2D eigenvalue weighted by Crippen LogP contribution is -2.57. The number of unbranched alkanes of at least 4 members (excludes halogenated alkanes) is 2. The van der Waals surface area contributed by atoms with E-state index in [1.165, 1.54) is 23.5 Å². The smallest absolute Gasteiger partial charge is 0.410 e. The Hall–Kier alpha value is -10.1. The number of likely N-dealkylation sites (tertiary alicyclic amines) is 1. The maximum atomic E-state index is 13.9. The molecule has 110 heavy (non-hydrogen) atoms. The van der Waals surface area contributed by atoms with Crippen LogP contribution in [0.25, 0.3) is 21.3 Å². The summed E-state index contributed by atoms with van der Waals surface area (Å²) in [6.07, 6.45) is 14.2. The largest absolute Gasteiger partial charge is 0.481 e. The Morgan fingerprint density at radius 3 is 2.26 bits per heavy atom. The van der Waals surface area contributed by atoms with Crippen LogP contribution in [0.15, 0.2) is 97.2 Å². The number of hydrogen-bond donors (Lipinski definition) is 8. The monoisotopic (exact) mass is 1520 g/mol. The molecule has 3 aliphatic heterocycles. The molecule has 29 heteroatoms. The van der Waals surface area contributed by atoms with Gasteiger partial charge in [0.15, 0.2) is 10.8 Å². The van der Waals surface area contributed by atoms with Gasteiger partial charge in [-0.05, 0) is 190 Å². The molecule has 3 aromatic carbocycles. The van der Waals surface area contributed by atoms with Gasteiger partial charge in [0.1, 0.15) is 24.5 Å². The highest BCUT2D eigenvalue weighted by atomic mass is 32.1. The first kappa shape index (κ1) is 78.0. The van der Waals surface area contributed by atoms with Crippen molar-refractivity contribution in [1.29, 1.82) is 0 Å². The molecule has 28 nitrogen and oxygen atoms in total. The second-order valence-corrected chi connectivity index (χ2v) is 33.3. The van der Waals surface area contributed by atoms with Crippen molar-refractivity contribution in [3.8, 4) is 11.1 Å². The van der Waals surface area contributed by atoms with Crippen molar-refractivity contribution in [3.05, 3.63) is 131 Å². The molecule has 4 saturated carbocycles. The number of aromatic carboxylic acids is 1. The minimum absolute atomic E-state index is 0.0263. The van der Waals surface area contributed by atoms with Gasteiger partial charge in [-0.25, -0.2) is 24.4 Å². The summed E-state index contributed by atoms with van der Waals surface area (Å²) in [6.45, 7) is 14.9. The zero-order valence-electron chi connectivity index (χ0n) is 63.2. The van der Waals surface area contributed by atoms with E-state index in [4.69, 9.17) is 25.3 Å². The highest BCUT2D eigenvalue weighted by molar-refractivity contribution is 7.22. The van der Waals surface area contributed by atoms with Gasteiger partial charge in [-0.1, -0.05) is 81.9 Å². The standard InChI is InChI=1S/C81H100N14O14S/c1-50(2)68(89-64(96)19-7-6-10-34-94-65(97)27-28-66(94)98)72(103)86-61(17-12-32-83-74(82)106)71(102)85-54-23-21-52(22-24-54)42-108-76(107)92-36-30-55(31-37-92)91(33-13-20-67(99)100)38-39-109-80-45-78(5)43-77(4)44-79(46-80,47-81(77,78)48-80)49-95-51(3)58(40-84-95)56-25-26-63(88-69(56)73(104)105)93-35-29-53-14-11-15-57(59(53)41-93)70(101)90-75-87-60-16-8-9-18-62(60)110-75/h8-9,11,14-16,18,21-28,40,50,55,61,68H,6-7,10,12-13,17,19-20,29-39,41-49H2,1-5H3,(H,85,102)(H,86,103)(H,89,96)(H,99,100)(H,104,105)(H3,82,83,106)(H,87,90,101)/t61-,68-,77?,78?,79?,80?,81?/m0/s1. The van der Waals surface area contributed by atoms with E-state index in [-0.39, 0.29) is 114 Å². The number of imide groups is 1. The average Bonchev–Trinajstić information content (AvgIpc) is 1.46. The molecule has 5 fully saturated rings. The van der Waals surface area contributed by atoms with Gasteiger partial charge in [0.2, 0.25) is 17.7 Å². The summed E-state index contributed by atoms with van der Waals surface area (Å²) in [5, 5.41) is 40.0. The number of primary amides is 1. The number of rotatable bonds is 34. The number of carboxylic acids is 2. The molecule has 7 aliphatic rings. The number of benzene rings is 3. The van der Waals surface area contributed by atoms with Gasteiger partial charge in [0.25, 0.3) is 17.7 Å². The van der Waals surface area contributed by atoms with E-state index < -0.39 is 48.0 Å². The number of aromatic nitrogens is 4. The Kier molecular flexibility index (Phi) is 23.0. The number of pyridine rings is 1. The molecule has 3 aromatic heterocycles. The first-order valence-corrected chi connectivity index (χ1v) is 39.3. The molecule has 9 N–H and O–H groups in total. The highest BCUT2D eigenvalue weighted by Gasteiger charge is 2.84. The van der Waals surface area contributed by atoms with Crippen LogP contribution in [0.1, 0.15) is 174 Å². The number of carbonyl (C=O) groups excluding carboxylic acids is 8. The van der Waals surface area contributed by atoms with Crippen LogP contribution in [0, 0.1) is 34.5 Å². The number of ether oxygens (including phenoxy) is 2. The number of aliphatic carboxylic acids is 1. The fourth-order valence-corrected chi connectivity index (χ4v) is 20.5. The number of fused-ring (bicyclic) bond motifs is 4. The molecule has 13 rings (SSSR count). The Balaban J connectivity index is 0.596. The van der Waals surface area contributed by atoms with Crippen LogP contribution in [0.2, 0.25) is 0 Å². The topological polar surface area (TPSA) is 372 Å². The van der Waals surface area contributed by atoms with Crippen LogP contribution in [0.5, 0.6) is 0 Å². The molecule has 1 spiro atoms. The minimum atomic E-state index is -1.15. The molecule has 5 unspecified atom stereocenters. The SMILES string of the molecule is Cc1c(-c2ccc(N3CCc4cccc(C(=O)Nc5nc6ccccc6s5)c4C3)nc2C(=O)O)cnn1CC12CC3(OCCN(CCCC(=O)O)C4CCN(C(=O)OCc5ccc(NC(=O)[C@H](CCCNC(N)=O)NC(=O)[C@@H](NC(=O)CCCCCN6C(=O)C=CC6=O)C(C)C)cc5)CC4)CC4(C)CC(C)(C1)C4(C2)C3. The molecule has 1 saturated heterocycles. The minimum Gasteiger partial charge on any atom is -0.481 e. The molecule has 9 amide bonds. The zero-order valence-corrected chi connectivity index (χ0v) is 64.0. The van der Waals surface area contributed by atoms with E-state index >= 15 is 0 Å². The second kappa shape index (κ2) is 32.4. The summed E-state index contributed by atoms with van der Waals surface area (Å²) in [5.41, 5.74) is 11.4. The molecular formula is C81H100N14O14S. The van der Waals surface area contributed by atoms with Crippen molar-refractivity contribution in [2.45, 2.75) is 187 Å². The van der Waals surface area contributed by atoms with Crippen molar-refractivity contribution in [1.82, 2.24) is 50.4 Å². The van der Waals surface area contributed by atoms with E-state index in [1.807, 2.05) is 66.4 Å². The third kappa shape index (κ3) is 16.6. The van der Waals surface area contributed by atoms with E-state index in [1.54, 1.807) is 49.2 Å². The van der Waals surface area contributed by atoms with Crippen LogP contribution >= 0.6 is 11.3 Å². The number of urea groups is 1. The fraction of sp³-hybridized carbons (Fsp3) is 0.519. The number of nitrogens with one attached hydrogen (secondary N) is 5. The number of carboxylic acid groups (broad SMARTS) is 2. The summed E-state index contributed by atoms with van der Waals surface area (Å²) < 4.78 is 16.2.